The van der Waals surface area contributed by atoms with E-state index in [9.17, 15) is 14.4 Å². The zero-order valence-electron chi connectivity index (χ0n) is 16.7. The summed E-state index contributed by atoms with van der Waals surface area (Å²) in [5, 5.41) is 7.21. The molecule has 4 rings (SSSR count). The number of amides is 1. The minimum atomic E-state index is -0.795. The van der Waals surface area contributed by atoms with E-state index < -0.39 is 22.9 Å². The third-order valence-corrected chi connectivity index (χ3v) is 4.86. The first-order valence-electron chi connectivity index (χ1n) is 9.59. The molecule has 0 fully saturated rings. The van der Waals surface area contributed by atoms with Crippen LogP contribution in [0.5, 0.6) is 0 Å². The molecule has 3 heterocycles. The van der Waals surface area contributed by atoms with Crippen molar-refractivity contribution in [2.24, 2.45) is 0 Å². The molecule has 0 saturated carbocycles. The maximum absolute atomic E-state index is 13.1. The van der Waals surface area contributed by atoms with Gasteiger partial charge in [0.15, 0.2) is 0 Å². The molecule has 9 nitrogen and oxygen atoms in total. The Morgan fingerprint density at radius 3 is 2.38 bits per heavy atom. The Morgan fingerprint density at radius 1 is 0.938 bits per heavy atom. The number of nitrogens with zero attached hydrogens (tertiary/aromatic N) is 5. The molecule has 0 aliphatic carbocycles. The summed E-state index contributed by atoms with van der Waals surface area (Å²) in [6, 6.07) is 13.2. The molecule has 1 amide bonds. The standard InChI is InChI=1S/C22H17ClN6O3/c23-17-3-5-18(6-4-17)29-22(32)28(14-16-2-1-9-25-12-16)21(31)19(27-29)20(30)26-13-15-7-10-24-11-8-15/h1-12H,13-14H2,(H,26,30). The van der Waals surface area contributed by atoms with Crippen molar-refractivity contribution in [1.82, 2.24) is 29.6 Å². The molecule has 160 valence electrons. The van der Waals surface area contributed by atoms with Gasteiger partial charge in [0.25, 0.3) is 11.5 Å². The first-order chi connectivity index (χ1) is 15.5. The van der Waals surface area contributed by atoms with Crippen LogP contribution < -0.4 is 16.6 Å². The molecule has 0 radical (unpaired) electrons. The van der Waals surface area contributed by atoms with E-state index in [1.54, 1.807) is 73.3 Å². The SMILES string of the molecule is O=C(NCc1ccncc1)c1nn(-c2ccc(Cl)cc2)c(=O)n(Cc2cccnc2)c1=O. The number of carbonyl (C=O) groups excluding carboxylic acids is 1. The summed E-state index contributed by atoms with van der Waals surface area (Å²) in [6.45, 7) is 0.109. The van der Waals surface area contributed by atoms with Gasteiger partial charge in [-0.05, 0) is 53.6 Å². The number of aromatic nitrogens is 5. The van der Waals surface area contributed by atoms with Gasteiger partial charge in [-0.25, -0.2) is 4.79 Å². The Labute approximate surface area is 187 Å². The maximum Gasteiger partial charge on any atom is 0.352 e. The van der Waals surface area contributed by atoms with E-state index in [1.807, 2.05) is 0 Å². The summed E-state index contributed by atoms with van der Waals surface area (Å²) < 4.78 is 1.97. The molecule has 0 unspecified atom stereocenters. The van der Waals surface area contributed by atoms with E-state index in [-0.39, 0.29) is 13.1 Å². The fourth-order valence-corrected chi connectivity index (χ4v) is 3.11. The maximum atomic E-state index is 13.1. The van der Waals surface area contributed by atoms with Crippen molar-refractivity contribution < 1.29 is 4.79 Å². The van der Waals surface area contributed by atoms with Crippen LogP contribution in [0.3, 0.4) is 0 Å². The first kappa shape index (κ1) is 21.1. The summed E-state index contributed by atoms with van der Waals surface area (Å²) >= 11 is 5.95. The molecular weight excluding hydrogens is 432 g/mol. The Morgan fingerprint density at radius 2 is 1.69 bits per heavy atom. The highest BCUT2D eigenvalue weighted by molar-refractivity contribution is 6.30. The highest BCUT2D eigenvalue weighted by Gasteiger charge is 2.20. The predicted octanol–water partition coefficient (Wildman–Crippen LogP) is 1.82. The van der Waals surface area contributed by atoms with Crippen LogP contribution in [-0.4, -0.2) is 30.2 Å². The fourth-order valence-electron chi connectivity index (χ4n) is 2.99. The largest absolute Gasteiger partial charge is 0.352 e. The zero-order valence-corrected chi connectivity index (χ0v) is 17.4. The smallest absolute Gasteiger partial charge is 0.346 e. The predicted molar refractivity (Wildman–Crippen MR) is 118 cm³/mol. The van der Waals surface area contributed by atoms with Gasteiger partial charge in [0.05, 0.1) is 12.2 Å². The van der Waals surface area contributed by atoms with Crippen LogP contribution in [0.2, 0.25) is 5.02 Å². The topological polar surface area (TPSA) is 112 Å². The van der Waals surface area contributed by atoms with Gasteiger partial charge in [0.2, 0.25) is 5.69 Å². The summed E-state index contributed by atoms with van der Waals surface area (Å²) in [6.07, 6.45) is 6.33. The lowest BCUT2D eigenvalue weighted by Crippen LogP contribution is -2.46. The fraction of sp³-hybridized carbons (Fsp3) is 0.0909. The zero-order chi connectivity index (χ0) is 22.5. The number of rotatable bonds is 6. The van der Waals surface area contributed by atoms with Gasteiger partial charge < -0.3 is 5.32 Å². The number of benzene rings is 1. The minimum Gasteiger partial charge on any atom is -0.346 e. The van der Waals surface area contributed by atoms with Crippen LogP contribution in [0.1, 0.15) is 21.6 Å². The lowest BCUT2D eigenvalue weighted by molar-refractivity contribution is 0.0941. The molecule has 0 spiro atoms. The average Bonchev–Trinajstić information content (AvgIpc) is 2.82. The minimum absolute atomic E-state index is 0.0632. The van der Waals surface area contributed by atoms with E-state index in [2.05, 4.69) is 20.4 Å². The van der Waals surface area contributed by atoms with Gasteiger partial charge in [0.1, 0.15) is 0 Å². The van der Waals surface area contributed by atoms with Crippen molar-refractivity contribution in [3.8, 4) is 5.69 Å². The summed E-state index contributed by atoms with van der Waals surface area (Å²) in [5.74, 6) is -0.700. The van der Waals surface area contributed by atoms with Crippen LogP contribution in [0.25, 0.3) is 5.69 Å². The molecule has 1 aromatic carbocycles. The van der Waals surface area contributed by atoms with Gasteiger partial charge in [-0.1, -0.05) is 17.7 Å². The lowest BCUT2D eigenvalue weighted by atomic mass is 10.2. The lowest BCUT2D eigenvalue weighted by Gasteiger charge is -2.12. The third kappa shape index (κ3) is 4.62. The van der Waals surface area contributed by atoms with Crippen molar-refractivity contribution >= 4 is 17.5 Å². The van der Waals surface area contributed by atoms with Crippen molar-refractivity contribution in [3.63, 3.8) is 0 Å². The molecule has 3 aromatic heterocycles. The normalized spacial score (nSPS) is 10.7. The quantitative estimate of drug-likeness (QED) is 0.481. The van der Waals surface area contributed by atoms with Gasteiger partial charge >= 0.3 is 5.69 Å². The van der Waals surface area contributed by atoms with Crippen molar-refractivity contribution in [1.29, 1.82) is 0 Å². The number of hydrogen-bond acceptors (Lipinski definition) is 6. The Hall–Kier alpha value is -4.11. The number of nitrogens with one attached hydrogen (secondary N) is 1. The average molecular weight is 449 g/mol. The second-order valence-corrected chi connectivity index (χ2v) is 7.25. The molecule has 1 N–H and O–H groups in total. The molecule has 32 heavy (non-hydrogen) atoms. The van der Waals surface area contributed by atoms with Crippen LogP contribution in [0, 0.1) is 0 Å². The van der Waals surface area contributed by atoms with Crippen LogP contribution in [-0.2, 0) is 13.1 Å². The monoisotopic (exact) mass is 448 g/mol. The highest BCUT2D eigenvalue weighted by atomic mass is 35.5. The molecule has 10 heteroatoms. The van der Waals surface area contributed by atoms with Gasteiger partial charge in [-0.3, -0.25) is 24.1 Å². The number of carbonyl (C=O) groups is 1. The van der Waals surface area contributed by atoms with Crippen molar-refractivity contribution in [3.05, 3.63) is 116 Å². The molecule has 0 atom stereocenters. The van der Waals surface area contributed by atoms with Gasteiger partial charge in [-0.15, -0.1) is 0 Å². The van der Waals surface area contributed by atoms with Gasteiger partial charge in [0, 0.05) is 36.4 Å². The number of halogens is 1. The number of pyridine rings is 2. The summed E-state index contributed by atoms with van der Waals surface area (Å²) in [4.78, 5) is 46.9. The van der Waals surface area contributed by atoms with Crippen molar-refractivity contribution in [2.45, 2.75) is 13.1 Å². The second kappa shape index (κ2) is 9.36. The molecule has 0 aliphatic heterocycles. The summed E-state index contributed by atoms with van der Waals surface area (Å²) in [7, 11) is 0. The van der Waals surface area contributed by atoms with Crippen LogP contribution in [0.15, 0.2) is 82.9 Å². The molecular formula is C22H17ClN6O3. The van der Waals surface area contributed by atoms with E-state index >= 15 is 0 Å². The molecule has 0 bridgehead atoms. The first-order valence-corrected chi connectivity index (χ1v) is 9.97. The second-order valence-electron chi connectivity index (χ2n) is 6.81. The van der Waals surface area contributed by atoms with Gasteiger partial charge in [-0.2, -0.15) is 9.78 Å². The van der Waals surface area contributed by atoms with Crippen LogP contribution >= 0.6 is 11.6 Å². The van der Waals surface area contributed by atoms with E-state index in [1.165, 1.54) is 0 Å². The molecule has 4 aromatic rings. The Kier molecular flexibility index (Phi) is 6.18. The Bertz CT molecular complexity index is 1350. The van der Waals surface area contributed by atoms with Crippen molar-refractivity contribution in [2.75, 3.05) is 0 Å². The molecule has 0 saturated heterocycles. The number of hydrogen-bond donors (Lipinski definition) is 1. The third-order valence-electron chi connectivity index (χ3n) is 4.61. The van der Waals surface area contributed by atoms with E-state index in [0.29, 0.717) is 16.3 Å². The highest BCUT2D eigenvalue weighted by Crippen LogP contribution is 2.11. The van der Waals surface area contributed by atoms with Crippen LogP contribution in [0.4, 0.5) is 0 Å². The van der Waals surface area contributed by atoms with E-state index in [4.69, 9.17) is 11.6 Å². The Balaban J connectivity index is 1.77. The molecule has 0 aliphatic rings. The van der Waals surface area contributed by atoms with E-state index in [0.717, 1.165) is 14.8 Å². The summed E-state index contributed by atoms with van der Waals surface area (Å²) in [5.41, 5.74) is -0.0954.